The molecule has 0 bridgehead atoms. The fourth-order valence-corrected chi connectivity index (χ4v) is 1.23. The number of nitrogens with one attached hydrogen (secondary N) is 1. The van der Waals surface area contributed by atoms with Gasteiger partial charge in [-0.1, -0.05) is 0 Å². The number of carbonyl (C=O) groups is 1. The first-order valence-corrected chi connectivity index (χ1v) is 5.37. The fourth-order valence-electron chi connectivity index (χ4n) is 1.23. The van der Waals surface area contributed by atoms with E-state index in [1.54, 1.807) is 7.05 Å². The molecule has 6 heteroatoms. The van der Waals surface area contributed by atoms with Crippen LogP contribution in [0.3, 0.4) is 0 Å². The van der Waals surface area contributed by atoms with Gasteiger partial charge >= 0.3 is 0 Å². The molecule has 0 aromatic carbocycles. The maximum absolute atomic E-state index is 11.8. The van der Waals surface area contributed by atoms with E-state index in [1.807, 2.05) is 13.0 Å². The molecule has 0 aliphatic heterocycles. The van der Waals surface area contributed by atoms with Gasteiger partial charge < -0.3 is 10.2 Å². The summed E-state index contributed by atoms with van der Waals surface area (Å²) in [6.07, 6.45) is 3.27. The van der Waals surface area contributed by atoms with Crippen LogP contribution in [0.15, 0.2) is 12.4 Å². The predicted molar refractivity (Wildman–Crippen MR) is 63.4 cm³/mol. The van der Waals surface area contributed by atoms with Crippen LogP contribution in [-0.4, -0.2) is 40.9 Å². The Hall–Kier alpha value is -2.16. The van der Waals surface area contributed by atoms with Crippen LogP contribution in [0.25, 0.3) is 0 Å². The number of anilines is 1. The molecule has 0 radical (unpaired) electrons. The Morgan fingerprint density at radius 2 is 2.29 bits per heavy atom. The van der Waals surface area contributed by atoms with E-state index in [2.05, 4.69) is 15.3 Å². The lowest BCUT2D eigenvalue weighted by Gasteiger charge is -2.14. The highest BCUT2D eigenvalue weighted by atomic mass is 16.2. The largest absolute Gasteiger partial charge is 0.369 e. The molecule has 1 N–H and O–H groups in total. The average Bonchev–Trinajstić information content (AvgIpc) is 2.36. The topological polar surface area (TPSA) is 81.9 Å². The summed E-state index contributed by atoms with van der Waals surface area (Å²) in [5.74, 6) is 0.416. The molecular formula is C11H15N5O. The monoisotopic (exact) mass is 233 g/mol. The molecule has 90 valence electrons. The molecule has 6 nitrogen and oxygen atoms in total. The quantitative estimate of drug-likeness (QED) is 0.816. The molecule has 1 heterocycles. The highest BCUT2D eigenvalue weighted by molar-refractivity contribution is 5.91. The molecule has 17 heavy (non-hydrogen) atoms. The first-order chi connectivity index (χ1) is 8.19. The third-order valence-corrected chi connectivity index (χ3v) is 2.13. The van der Waals surface area contributed by atoms with E-state index in [1.165, 1.54) is 17.3 Å². The molecule has 0 saturated heterocycles. The van der Waals surface area contributed by atoms with Crippen LogP contribution in [0.5, 0.6) is 0 Å². The van der Waals surface area contributed by atoms with Crippen molar-refractivity contribution in [2.45, 2.75) is 13.3 Å². The van der Waals surface area contributed by atoms with Gasteiger partial charge in [0.05, 0.1) is 24.9 Å². The van der Waals surface area contributed by atoms with Gasteiger partial charge in [-0.05, 0) is 6.92 Å². The van der Waals surface area contributed by atoms with Gasteiger partial charge in [0.15, 0.2) is 0 Å². The van der Waals surface area contributed by atoms with Gasteiger partial charge in [0, 0.05) is 20.1 Å². The van der Waals surface area contributed by atoms with Gasteiger partial charge in [0.1, 0.15) is 11.5 Å². The standard InChI is InChI=1S/C11H15N5O/c1-3-13-10-8-14-9(7-15-10)11(17)16(2)6-4-5-12/h7-8H,3-4,6H2,1-2H3,(H,13,15). The van der Waals surface area contributed by atoms with Crippen LogP contribution >= 0.6 is 0 Å². The van der Waals surface area contributed by atoms with Crippen LogP contribution in [0.4, 0.5) is 5.82 Å². The molecule has 0 aliphatic rings. The molecule has 1 amide bonds. The number of hydrogen-bond acceptors (Lipinski definition) is 5. The van der Waals surface area contributed by atoms with Crippen molar-refractivity contribution in [3.05, 3.63) is 18.1 Å². The minimum atomic E-state index is -0.226. The highest BCUT2D eigenvalue weighted by Crippen LogP contribution is 2.03. The molecule has 0 saturated carbocycles. The molecule has 0 unspecified atom stereocenters. The second kappa shape index (κ2) is 6.43. The Bertz CT molecular complexity index is 409. The lowest BCUT2D eigenvalue weighted by Crippen LogP contribution is -2.28. The molecule has 0 aliphatic carbocycles. The summed E-state index contributed by atoms with van der Waals surface area (Å²) in [6, 6.07) is 1.99. The Morgan fingerprint density at radius 3 is 2.82 bits per heavy atom. The lowest BCUT2D eigenvalue weighted by molar-refractivity contribution is 0.0792. The number of amides is 1. The van der Waals surface area contributed by atoms with Crippen molar-refractivity contribution in [1.82, 2.24) is 14.9 Å². The highest BCUT2D eigenvalue weighted by Gasteiger charge is 2.12. The Labute approximate surface area is 100 Å². The van der Waals surface area contributed by atoms with Gasteiger partial charge in [0.2, 0.25) is 0 Å². The van der Waals surface area contributed by atoms with Crippen molar-refractivity contribution in [1.29, 1.82) is 5.26 Å². The normalized spacial score (nSPS) is 9.47. The first kappa shape index (κ1) is 12.9. The van der Waals surface area contributed by atoms with Crippen molar-refractivity contribution in [3.8, 4) is 6.07 Å². The van der Waals surface area contributed by atoms with Crippen LogP contribution in [0.2, 0.25) is 0 Å². The van der Waals surface area contributed by atoms with Crippen LogP contribution in [0, 0.1) is 11.3 Å². The third kappa shape index (κ3) is 3.72. The Kier molecular flexibility index (Phi) is 4.88. The summed E-state index contributed by atoms with van der Waals surface area (Å²) in [5, 5.41) is 11.4. The lowest BCUT2D eigenvalue weighted by atomic mass is 10.3. The Balaban J connectivity index is 2.66. The average molecular weight is 233 g/mol. The van der Waals surface area contributed by atoms with Crippen LogP contribution in [-0.2, 0) is 0 Å². The van der Waals surface area contributed by atoms with E-state index < -0.39 is 0 Å². The summed E-state index contributed by atoms with van der Waals surface area (Å²) in [4.78, 5) is 21.4. The number of carbonyl (C=O) groups excluding carboxylic acids is 1. The van der Waals surface area contributed by atoms with E-state index in [4.69, 9.17) is 5.26 Å². The number of hydrogen-bond donors (Lipinski definition) is 1. The predicted octanol–water partition coefficient (Wildman–Crippen LogP) is 0.894. The summed E-state index contributed by atoms with van der Waals surface area (Å²) in [5.41, 5.74) is 0.284. The van der Waals surface area contributed by atoms with E-state index >= 15 is 0 Å². The molecule has 1 rings (SSSR count). The molecule has 0 atom stereocenters. The van der Waals surface area contributed by atoms with E-state index in [0.29, 0.717) is 18.8 Å². The van der Waals surface area contributed by atoms with Gasteiger partial charge in [-0.2, -0.15) is 5.26 Å². The summed E-state index contributed by atoms with van der Waals surface area (Å²) >= 11 is 0. The fraction of sp³-hybridized carbons (Fsp3) is 0.455. The second-order valence-corrected chi connectivity index (χ2v) is 3.45. The third-order valence-electron chi connectivity index (χ3n) is 2.13. The maximum Gasteiger partial charge on any atom is 0.273 e. The van der Waals surface area contributed by atoms with Gasteiger partial charge in [-0.3, -0.25) is 4.79 Å². The SMILES string of the molecule is CCNc1cnc(C(=O)N(C)CCC#N)cn1. The van der Waals surface area contributed by atoms with Gasteiger partial charge in [-0.15, -0.1) is 0 Å². The van der Waals surface area contributed by atoms with Crippen LogP contribution in [0.1, 0.15) is 23.8 Å². The second-order valence-electron chi connectivity index (χ2n) is 3.45. The molecule has 0 spiro atoms. The minimum Gasteiger partial charge on any atom is -0.369 e. The zero-order chi connectivity index (χ0) is 12.7. The van der Waals surface area contributed by atoms with Gasteiger partial charge in [0.25, 0.3) is 5.91 Å². The number of rotatable bonds is 5. The number of nitrogens with zero attached hydrogens (tertiary/aromatic N) is 4. The summed E-state index contributed by atoms with van der Waals surface area (Å²) < 4.78 is 0. The van der Waals surface area contributed by atoms with Crippen molar-refractivity contribution >= 4 is 11.7 Å². The van der Waals surface area contributed by atoms with Gasteiger partial charge in [-0.25, -0.2) is 9.97 Å². The van der Waals surface area contributed by atoms with Crippen molar-refractivity contribution < 1.29 is 4.79 Å². The number of nitriles is 1. The smallest absolute Gasteiger partial charge is 0.273 e. The molecule has 0 fully saturated rings. The minimum absolute atomic E-state index is 0.226. The van der Waals surface area contributed by atoms with E-state index in [-0.39, 0.29) is 11.6 Å². The van der Waals surface area contributed by atoms with E-state index in [0.717, 1.165) is 6.54 Å². The summed E-state index contributed by atoms with van der Waals surface area (Å²) in [6.45, 7) is 3.10. The number of aromatic nitrogens is 2. The maximum atomic E-state index is 11.8. The Morgan fingerprint density at radius 1 is 1.53 bits per heavy atom. The summed E-state index contributed by atoms with van der Waals surface area (Å²) in [7, 11) is 1.64. The van der Waals surface area contributed by atoms with Crippen molar-refractivity contribution in [2.75, 3.05) is 25.5 Å². The first-order valence-electron chi connectivity index (χ1n) is 5.37. The molecule has 1 aromatic heterocycles. The van der Waals surface area contributed by atoms with E-state index in [9.17, 15) is 4.79 Å². The van der Waals surface area contributed by atoms with Crippen LogP contribution < -0.4 is 5.32 Å². The molecule has 1 aromatic rings. The van der Waals surface area contributed by atoms with Crippen molar-refractivity contribution in [2.24, 2.45) is 0 Å². The van der Waals surface area contributed by atoms with Crippen molar-refractivity contribution in [3.63, 3.8) is 0 Å². The zero-order valence-corrected chi connectivity index (χ0v) is 9.97. The zero-order valence-electron chi connectivity index (χ0n) is 9.97. The molecular weight excluding hydrogens is 218 g/mol.